The van der Waals surface area contributed by atoms with E-state index in [-0.39, 0.29) is 0 Å². The smallest absolute Gasteiger partial charge is 0.00767 e. The summed E-state index contributed by atoms with van der Waals surface area (Å²) in [5.74, 6) is 0.883. The van der Waals surface area contributed by atoms with Crippen LogP contribution in [0.1, 0.15) is 39.5 Å². The Bertz CT molecular complexity index is 154. The summed E-state index contributed by atoms with van der Waals surface area (Å²) in [5.41, 5.74) is 0.560. The largest absolute Gasteiger partial charge is 0.318 e. The van der Waals surface area contributed by atoms with E-state index in [1.807, 2.05) is 7.05 Å². The highest BCUT2D eigenvalue weighted by Gasteiger charge is 2.31. The van der Waals surface area contributed by atoms with Crippen LogP contribution in [0.2, 0.25) is 0 Å². The van der Waals surface area contributed by atoms with Crippen LogP contribution in [-0.2, 0) is 0 Å². The molecule has 0 heterocycles. The van der Waals surface area contributed by atoms with Crippen LogP contribution < -0.4 is 10.6 Å². The highest BCUT2D eigenvalue weighted by atomic mass is 14.9. The van der Waals surface area contributed by atoms with Gasteiger partial charge in [-0.1, -0.05) is 26.7 Å². The quantitative estimate of drug-likeness (QED) is 0.660. The molecule has 1 aliphatic carbocycles. The summed E-state index contributed by atoms with van der Waals surface area (Å²) >= 11 is 0. The first-order valence-electron chi connectivity index (χ1n) is 6.02. The maximum absolute atomic E-state index is 3.55. The molecule has 1 unspecified atom stereocenters. The second kappa shape index (κ2) is 5.72. The number of likely N-dealkylation sites (N-methyl/N-ethyl adjacent to an activating group) is 1. The fourth-order valence-corrected chi connectivity index (χ4v) is 2.43. The summed E-state index contributed by atoms with van der Waals surface area (Å²) in [6.07, 6.45) is 5.69. The molecule has 1 saturated carbocycles. The van der Waals surface area contributed by atoms with Gasteiger partial charge in [-0.25, -0.2) is 0 Å². The number of rotatable bonds is 5. The Labute approximate surface area is 88.8 Å². The zero-order valence-corrected chi connectivity index (χ0v) is 10.0. The fraction of sp³-hybridized carbons (Fsp3) is 1.00. The van der Waals surface area contributed by atoms with Crippen LogP contribution in [0.15, 0.2) is 0 Å². The Balaban J connectivity index is 2.20. The molecule has 0 aromatic carbocycles. The van der Waals surface area contributed by atoms with Gasteiger partial charge in [-0.05, 0) is 37.8 Å². The van der Waals surface area contributed by atoms with Crippen molar-refractivity contribution in [3.8, 4) is 0 Å². The number of nitrogens with one attached hydrogen (secondary N) is 2. The second-order valence-corrected chi connectivity index (χ2v) is 5.24. The molecule has 0 amide bonds. The lowest BCUT2D eigenvalue weighted by Gasteiger charge is -2.38. The molecular weight excluding hydrogens is 172 g/mol. The van der Waals surface area contributed by atoms with Crippen LogP contribution in [0.3, 0.4) is 0 Å². The van der Waals surface area contributed by atoms with Crippen LogP contribution in [-0.4, -0.2) is 26.7 Å². The van der Waals surface area contributed by atoms with Gasteiger partial charge in [0.25, 0.3) is 0 Å². The van der Waals surface area contributed by atoms with Gasteiger partial charge in [0.2, 0.25) is 0 Å². The lowest BCUT2D eigenvalue weighted by molar-refractivity contribution is 0.136. The van der Waals surface area contributed by atoms with E-state index in [4.69, 9.17) is 0 Å². The normalized spacial score (nSPS) is 26.4. The van der Waals surface area contributed by atoms with E-state index < -0.39 is 0 Å². The zero-order chi connectivity index (χ0) is 10.4. The molecule has 0 radical (unpaired) electrons. The molecule has 0 bridgehead atoms. The van der Waals surface area contributed by atoms with Crippen molar-refractivity contribution in [3.63, 3.8) is 0 Å². The van der Waals surface area contributed by atoms with E-state index >= 15 is 0 Å². The van der Waals surface area contributed by atoms with Crippen molar-refractivity contribution in [1.29, 1.82) is 0 Å². The van der Waals surface area contributed by atoms with Crippen molar-refractivity contribution in [2.24, 2.45) is 11.3 Å². The van der Waals surface area contributed by atoms with Crippen LogP contribution >= 0.6 is 0 Å². The van der Waals surface area contributed by atoms with E-state index in [9.17, 15) is 0 Å². The first kappa shape index (κ1) is 12.0. The van der Waals surface area contributed by atoms with Crippen molar-refractivity contribution >= 4 is 0 Å². The zero-order valence-electron chi connectivity index (χ0n) is 10.0. The predicted octanol–water partition coefficient (Wildman–Crippen LogP) is 2.01. The van der Waals surface area contributed by atoms with Gasteiger partial charge in [0.05, 0.1) is 0 Å². The summed E-state index contributed by atoms with van der Waals surface area (Å²) in [6, 6.07) is 0. The molecular formula is C12H26N2. The molecule has 2 N–H and O–H groups in total. The summed E-state index contributed by atoms with van der Waals surface area (Å²) < 4.78 is 0. The van der Waals surface area contributed by atoms with E-state index in [1.54, 1.807) is 0 Å². The van der Waals surface area contributed by atoms with E-state index in [2.05, 4.69) is 24.5 Å². The Morgan fingerprint density at radius 2 is 2.00 bits per heavy atom. The van der Waals surface area contributed by atoms with Gasteiger partial charge < -0.3 is 10.6 Å². The molecule has 0 saturated heterocycles. The SMILES string of the molecule is CNCCNCC1CCCCC1(C)C. The topological polar surface area (TPSA) is 24.1 Å². The van der Waals surface area contributed by atoms with Crippen molar-refractivity contribution in [3.05, 3.63) is 0 Å². The van der Waals surface area contributed by atoms with Crippen LogP contribution in [0, 0.1) is 11.3 Å². The van der Waals surface area contributed by atoms with E-state index in [1.165, 1.54) is 32.2 Å². The Morgan fingerprint density at radius 1 is 1.21 bits per heavy atom. The highest BCUT2D eigenvalue weighted by Crippen LogP contribution is 2.39. The third-order valence-corrected chi connectivity index (χ3v) is 3.67. The molecule has 2 nitrogen and oxygen atoms in total. The minimum Gasteiger partial charge on any atom is -0.318 e. The van der Waals surface area contributed by atoms with Crippen molar-refractivity contribution < 1.29 is 0 Å². The first-order valence-corrected chi connectivity index (χ1v) is 6.02. The van der Waals surface area contributed by atoms with Gasteiger partial charge in [-0.15, -0.1) is 0 Å². The Morgan fingerprint density at radius 3 is 2.64 bits per heavy atom. The average Bonchev–Trinajstić information content (AvgIpc) is 2.14. The predicted molar refractivity (Wildman–Crippen MR) is 62.5 cm³/mol. The van der Waals surface area contributed by atoms with Crippen molar-refractivity contribution in [2.45, 2.75) is 39.5 Å². The van der Waals surface area contributed by atoms with Gasteiger partial charge in [-0.2, -0.15) is 0 Å². The molecule has 2 heteroatoms. The molecule has 84 valence electrons. The molecule has 1 atom stereocenters. The molecule has 1 rings (SSSR count). The number of hydrogen-bond acceptors (Lipinski definition) is 2. The van der Waals surface area contributed by atoms with Crippen LogP contribution in [0.25, 0.3) is 0 Å². The van der Waals surface area contributed by atoms with E-state index in [0.29, 0.717) is 5.41 Å². The Hall–Kier alpha value is -0.0800. The average molecular weight is 198 g/mol. The van der Waals surface area contributed by atoms with Gasteiger partial charge >= 0.3 is 0 Å². The lowest BCUT2D eigenvalue weighted by Crippen LogP contribution is -2.37. The third-order valence-electron chi connectivity index (χ3n) is 3.67. The van der Waals surface area contributed by atoms with Gasteiger partial charge in [-0.3, -0.25) is 0 Å². The standard InChI is InChI=1S/C12H26N2/c1-12(2)7-5-4-6-11(12)10-14-9-8-13-3/h11,13-14H,4-10H2,1-3H3. The van der Waals surface area contributed by atoms with Gasteiger partial charge in [0.1, 0.15) is 0 Å². The minimum atomic E-state index is 0.560. The summed E-state index contributed by atoms with van der Waals surface area (Å²) in [4.78, 5) is 0. The molecule has 1 fully saturated rings. The minimum absolute atomic E-state index is 0.560. The van der Waals surface area contributed by atoms with Gasteiger partial charge in [0, 0.05) is 13.1 Å². The maximum atomic E-state index is 3.55. The molecule has 0 aromatic heterocycles. The molecule has 1 aliphatic rings. The highest BCUT2D eigenvalue weighted by molar-refractivity contribution is 4.83. The molecule has 14 heavy (non-hydrogen) atoms. The fourth-order valence-electron chi connectivity index (χ4n) is 2.43. The van der Waals surface area contributed by atoms with Crippen molar-refractivity contribution in [2.75, 3.05) is 26.7 Å². The van der Waals surface area contributed by atoms with E-state index in [0.717, 1.165) is 19.0 Å². The van der Waals surface area contributed by atoms with Crippen LogP contribution in [0.4, 0.5) is 0 Å². The van der Waals surface area contributed by atoms with Gasteiger partial charge in [0.15, 0.2) is 0 Å². The summed E-state index contributed by atoms with van der Waals surface area (Å²) in [6.45, 7) is 8.23. The lowest BCUT2D eigenvalue weighted by atomic mass is 9.69. The first-order chi connectivity index (χ1) is 6.67. The maximum Gasteiger partial charge on any atom is 0.00767 e. The molecule has 0 spiro atoms. The summed E-state index contributed by atoms with van der Waals surface area (Å²) in [7, 11) is 2.01. The summed E-state index contributed by atoms with van der Waals surface area (Å²) in [5, 5.41) is 6.71. The molecule has 0 aromatic rings. The van der Waals surface area contributed by atoms with Crippen molar-refractivity contribution in [1.82, 2.24) is 10.6 Å². The van der Waals surface area contributed by atoms with Crippen LogP contribution in [0.5, 0.6) is 0 Å². The monoisotopic (exact) mass is 198 g/mol. The number of hydrogen-bond donors (Lipinski definition) is 2. The second-order valence-electron chi connectivity index (χ2n) is 5.24. The molecule has 0 aliphatic heterocycles. The third kappa shape index (κ3) is 3.58. The Kier molecular flexibility index (Phi) is 4.90.